The minimum Gasteiger partial charge on any atom is -0.477 e. The van der Waals surface area contributed by atoms with Gasteiger partial charge in [0.1, 0.15) is 6.10 Å². The van der Waals surface area contributed by atoms with Crippen LogP contribution in [0.2, 0.25) is 0 Å². The van der Waals surface area contributed by atoms with E-state index in [1.165, 1.54) is 0 Å². The van der Waals surface area contributed by atoms with E-state index in [1.807, 2.05) is 0 Å². The minimum atomic E-state index is -1.18. The Kier molecular flexibility index (Phi) is 1.63. The second-order valence-electron chi connectivity index (χ2n) is 2.76. The van der Waals surface area contributed by atoms with E-state index < -0.39 is 12.1 Å². The lowest BCUT2D eigenvalue weighted by atomic mass is 10.1. The predicted molar refractivity (Wildman–Crippen MR) is 46.1 cm³/mol. The first kappa shape index (κ1) is 7.94. The fourth-order valence-corrected chi connectivity index (χ4v) is 1.32. The first-order valence-corrected chi connectivity index (χ1v) is 3.79. The maximum absolute atomic E-state index is 10.6. The van der Waals surface area contributed by atoms with E-state index in [4.69, 9.17) is 5.11 Å². The zero-order chi connectivity index (χ0) is 9.42. The molecule has 1 aliphatic rings. The molecule has 0 aliphatic carbocycles. The second kappa shape index (κ2) is 2.67. The number of carbonyl (C=O) groups is 1. The highest BCUT2D eigenvalue weighted by Gasteiger charge is 2.29. The Morgan fingerprint density at radius 1 is 1.38 bits per heavy atom. The number of hydrogen-bond donors (Lipinski definition) is 2. The number of aliphatic carboxylic acids is 1. The first-order valence-electron chi connectivity index (χ1n) is 3.79. The molecule has 0 aromatic heterocycles. The molecular formula is C9H7NO3. The number of aliphatic hydroxyl groups is 1. The summed E-state index contributed by atoms with van der Waals surface area (Å²) in [5, 5.41) is 18.2. The van der Waals surface area contributed by atoms with Crippen molar-refractivity contribution in [1.82, 2.24) is 0 Å². The van der Waals surface area contributed by atoms with Gasteiger partial charge >= 0.3 is 5.97 Å². The van der Waals surface area contributed by atoms with Crippen LogP contribution in [0.1, 0.15) is 11.7 Å². The van der Waals surface area contributed by atoms with Crippen molar-refractivity contribution in [3.8, 4) is 0 Å². The molecule has 0 spiro atoms. The van der Waals surface area contributed by atoms with E-state index in [-0.39, 0.29) is 5.71 Å². The fourth-order valence-electron chi connectivity index (χ4n) is 1.32. The summed E-state index contributed by atoms with van der Waals surface area (Å²) in [7, 11) is 0. The number of aliphatic hydroxyl groups excluding tert-OH is 1. The SMILES string of the molecule is O=C(O)C1=Nc2ccccc2C1O. The van der Waals surface area contributed by atoms with Crippen LogP contribution in [0.4, 0.5) is 5.69 Å². The largest absolute Gasteiger partial charge is 0.477 e. The van der Waals surface area contributed by atoms with Crippen LogP contribution < -0.4 is 0 Å². The summed E-state index contributed by atoms with van der Waals surface area (Å²) in [4.78, 5) is 14.4. The quantitative estimate of drug-likeness (QED) is 0.669. The van der Waals surface area contributed by atoms with E-state index in [0.29, 0.717) is 11.3 Å². The normalized spacial score (nSPS) is 19.5. The van der Waals surface area contributed by atoms with E-state index in [2.05, 4.69) is 4.99 Å². The van der Waals surface area contributed by atoms with Crippen LogP contribution in [-0.2, 0) is 4.79 Å². The van der Waals surface area contributed by atoms with Gasteiger partial charge in [-0.3, -0.25) is 0 Å². The lowest BCUT2D eigenvalue weighted by Gasteiger charge is -2.02. The van der Waals surface area contributed by atoms with Crippen molar-refractivity contribution < 1.29 is 15.0 Å². The third-order valence-electron chi connectivity index (χ3n) is 1.95. The molecule has 0 fully saturated rings. The van der Waals surface area contributed by atoms with Gasteiger partial charge in [0, 0.05) is 5.56 Å². The molecule has 0 bridgehead atoms. The van der Waals surface area contributed by atoms with Crippen LogP contribution in [0, 0.1) is 0 Å². The number of para-hydroxylation sites is 1. The van der Waals surface area contributed by atoms with Crippen LogP contribution >= 0.6 is 0 Å². The van der Waals surface area contributed by atoms with Gasteiger partial charge < -0.3 is 10.2 Å². The number of carboxylic acids is 1. The van der Waals surface area contributed by atoms with Crippen molar-refractivity contribution in [2.45, 2.75) is 6.10 Å². The average molecular weight is 177 g/mol. The van der Waals surface area contributed by atoms with Crippen LogP contribution in [0.3, 0.4) is 0 Å². The summed E-state index contributed by atoms with van der Waals surface area (Å²) < 4.78 is 0. The molecule has 1 unspecified atom stereocenters. The third-order valence-corrected chi connectivity index (χ3v) is 1.95. The molecule has 4 heteroatoms. The summed E-state index contributed by atoms with van der Waals surface area (Å²) >= 11 is 0. The molecule has 2 rings (SSSR count). The molecule has 0 radical (unpaired) electrons. The number of hydrogen-bond acceptors (Lipinski definition) is 3. The Labute approximate surface area is 74.2 Å². The van der Waals surface area contributed by atoms with E-state index in [1.54, 1.807) is 24.3 Å². The Balaban J connectivity index is 2.50. The van der Waals surface area contributed by atoms with Gasteiger partial charge in [0.15, 0.2) is 5.71 Å². The van der Waals surface area contributed by atoms with Gasteiger partial charge in [-0.05, 0) is 6.07 Å². The van der Waals surface area contributed by atoms with E-state index >= 15 is 0 Å². The van der Waals surface area contributed by atoms with Crippen molar-refractivity contribution in [1.29, 1.82) is 0 Å². The monoisotopic (exact) mass is 177 g/mol. The zero-order valence-electron chi connectivity index (χ0n) is 6.64. The molecule has 1 atom stereocenters. The number of aliphatic imine (C=N–C) groups is 1. The Bertz CT molecular complexity index is 398. The van der Waals surface area contributed by atoms with Crippen LogP contribution in [0.15, 0.2) is 29.3 Å². The van der Waals surface area contributed by atoms with E-state index in [9.17, 15) is 9.90 Å². The minimum absolute atomic E-state index is 0.207. The molecule has 13 heavy (non-hydrogen) atoms. The number of benzene rings is 1. The van der Waals surface area contributed by atoms with Crippen LogP contribution in [0.25, 0.3) is 0 Å². The summed E-state index contributed by atoms with van der Waals surface area (Å²) in [6.45, 7) is 0. The number of nitrogens with zero attached hydrogens (tertiary/aromatic N) is 1. The van der Waals surface area contributed by atoms with Gasteiger partial charge in [0.2, 0.25) is 0 Å². The molecular weight excluding hydrogens is 170 g/mol. The number of carboxylic acid groups (broad SMARTS) is 1. The fraction of sp³-hybridized carbons (Fsp3) is 0.111. The summed E-state index contributed by atoms with van der Waals surface area (Å²) in [6.07, 6.45) is -1.09. The highest BCUT2D eigenvalue weighted by molar-refractivity contribution is 6.39. The van der Waals surface area contributed by atoms with Crippen molar-refractivity contribution >= 4 is 17.4 Å². The zero-order valence-corrected chi connectivity index (χ0v) is 6.64. The van der Waals surface area contributed by atoms with Crippen molar-refractivity contribution in [2.75, 3.05) is 0 Å². The summed E-state index contributed by atoms with van der Waals surface area (Å²) in [5.74, 6) is -1.18. The van der Waals surface area contributed by atoms with Gasteiger partial charge in [-0.15, -0.1) is 0 Å². The topological polar surface area (TPSA) is 69.9 Å². The lowest BCUT2D eigenvalue weighted by molar-refractivity contribution is -0.129. The maximum Gasteiger partial charge on any atom is 0.353 e. The van der Waals surface area contributed by atoms with Crippen LogP contribution in [0.5, 0.6) is 0 Å². The van der Waals surface area contributed by atoms with Crippen molar-refractivity contribution in [3.63, 3.8) is 0 Å². The number of fused-ring (bicyclic) bond motifs is 1. The maximum atomic E-state index is 10.6. The number of rotatable bonds is 1. The summed E-state index contributed by atoms with van der Waals surface area (Å²) in [5.41, 5.74) is 0.883. The van der Waals surface area contributed by atoms with Gasteiger partial charge in [-0.25, -0.2) is 9.79 Å². The molecule has 1 aromatic carbocycles. The smallest absolute Gasteiger partial charge is 0.353 e. The van der Waals surface area contributed by atoms with Gasteiger partial charge in [0.05, 0.1) is 5.69 Å². The van der Waals surface area contributed by atoms with Crippen molar-refractivity contribution in [2.24, 2.45) is 4.99 Å². The van der Waals surface area contributed by atoms with Gasteiger partial charge in [-0.1, -0.05) is 18.2 Å². The average Bonchev–Trinajstić information content (AvgIpc) is 2.45. The van der Waals surface area contributed by atoms with Crippen molar-refractivity contribution in [3.05, 3.63) is 29.8 Å². The Morgan fingerprint density at radius 3 is 2.69 bits per heavy atom. The molecule has 4 nitrogen and oxygen atoms in total. The molecule has 1 heterocycles. The standard InChI is InChI=1S/C9H7NO3/c11-8-5-3-1-2-4-6(5)10-7(8)9(12)13/h1-4,8,11H,(H,12,13). The Hall–Kier alpha value is -1.68. The van der Waals surface area contributed by atoms with Gasteiger partial charge in [-0.2, -0.15) is 0 Å². The molecule has 1 aliphatic heterocycles. The predicted octanol–water partition coefficient (Wildman–Crippen LogP) is 0.891. The molecule has 66 valence electrons. The summed E-state index contributed by atoms with van der Waals surface area (Å²) in [6, 6.07) is 6.83. The van der Waals surface area contributed by atoms with Gasteiger partial charge in [0.25, 0.3) is 0 Å². The van der Waals surface area contributed by atoms with Crippen LogP contribution in [-0.4, -0.2) is 21.9 Å². The molecule has 1 aromatic rings. The third kappa shape index (κ3) is 1.11. The highest BCUT2D eigenvalue weighted by Crippen LogP contribution is 2.33. The molecule has 0 saturated carbocycles. The molecule has 0 amide bonds. The first-order chi connectivity index (χ1) is 6.20. The Morgan fingerprint density at radius 2 is 2.08 bits per heavy atom. The highest BCUT2D eigenvalue weighted by atomic mass is 16.4. The second-order valence-corrected chi connectivity index (χ2v) is 2.76. The molecule has 0 saturated heterocycles. The molecule has 2 N–H and O–H groups in total. The lowest BCUT2D eigenvalue weighted by Crippen LogP contribution is -2.18. The van der Waals surface area contributed by atoms with E-state index in [0.717, 1.165) is 0 Å².